The Balaban J connectivity index is 0.00000160. The summed E-state index contributed by atoms with van der Waals surface area (Å²) in [6.45, 7) is 5.69. The zero-order chi connectivity index (χ0) is 19.8. The molecule has 3 heterocycles. The standard InChI is InChI=1S/C22H30N4O2.3ClH/c1-14(2)11-17(21(22(27)28)25-10-9-16(23)12-25)20-19-8-7-15-5-3-4-6-18(15)26(19)13-24-20;;;/h3-6,13-14,16-17,21H,7-12,23H2,1-2H3,(H,27,28);3*1H/t16-,17?,21-;;;/m0.../s1. The zero-order valence-corrected chi connectivity index (χ0v) is 20.4. The van der Waals surface area contributed by atoms with Crippen molar-refractivity contribution in [2.24, 2.45) is 11.7 Å². The molecule has 0 amide bonds. The van der Waals surface area contributed by atoms with Crippen LogP contribution in [0.2, 0.25) is 0 Å². The third kappa shape index (κ3) is 5.55. The van der Waals surface area contributed by atoms with Crippen molar-refractivity contribution in [1.82, 2.24) is 14.5 Å². The molecule has 31 heavy (non-hydrogen) atoms. The molecular weight excluding hydrogens is 459 g/mol. The summed E-state index contributed by atoms with van der Waals surface area (Å²) in [6, 6.07) is 7.88. The summed E-state index contributed by atoms with van der Waals surface area (Å²) in [6.07, 6.45) is 5.40. The van der Waals surface area contributed by atoms with Gasteiger partial charge in [-0.1, -0.05) is 32.0 Å². The smallest absolute Gasteiger partial charge is 0.321 e. The molecule has 1 aromatic heterocycles. The topological polar surface area (TPSA) is 84.4 Å². The molecule has 0 radical (unpaired) electrons. The van der Waals surface area contributed by atoms with E-state index in [4.69, 9.17) is 10.7 Å². The van der Waals surface area contributed by atoms with Gasteiger partial charge in [0.15, 0.2) is 0 Å². The van der Waals surface area contributed by atoms with Gasteiger partial charge < -0.3 is 15.4 Å². The second-order valence-electron chi connectivity index (χ2n) is 8.64. The molecule has 2 aliphatic rings. The molecular formula is C22H33Cl3N4O2. The van der Waals surface area contributed by atoms with Crippen molar-refractivity contribution in [3.05, 3.63) is 47.5 Å². The van der Waals surface area contributed by atoms with E-state index in [0.29, 0.717) is 12.5 Å². The summed E-state index contributed by atoms with van der Waals surface area (Å²) >= 11 is 0. The number of imidazole rings is 1. The number of para-hydroxylation sites is 1. The van der Waals surface area contributed by atoms with E-state index in [9.17, 15) is 9.90 Å². The molecule has 2 aromatic rings. The highest BCUT2D eigenvalue weighted by Gasteiger charge is 2.40. The molecule has 1 saturated heterocycles. The van der Waals surface area contributed by atoms with E-state index in [1.807, 2.05) is 12.4 Å². The van der Waals surface area contributed by atoms with E-state index < -0.39 is 12.0 Å². The highest BCUT2D eigenvalue weighted by Crippen LogP contribution is 2.36. The van der Waals surface area contributed by atoms with E-state index in [2.05, 4.69) is 41.5 Å². The van der Waals surface area contributed by atoms with Crippen LogP contribution >= 0.6 is 37.2 Å². The maximum atomic E-state index is 12.4. The van der Waals surface area contributed by atoms with Crippen molar-refractivity contribution in [2.45, 2.75) is 57.5 Å². The van der Waals surface area contributed by atoms with Crippen LogP contribution in [0.25, 0.3) is 5.69 Å². The fourth-order valence-corrected chi connectivity index (χ4v) is 4.91. The van der Waals surface area contributed by atoms with Crippen LogP contribution in [0.15, 0.2) is 30.6 Å². The number of aliphatic carboxylic acids is 1. The number of nitrogens with two attached hydrogens (primary N) is 1. The van der Waals surface area contributed by atoms with Crippen LogP contribution in [0.3, 0.4) is 0 Å². The molecule has 1 fully saturated rings. The van der Waals surface area contributed by atoms with Crippen molar-refractivity contribution in [3.8, 4) is 5.69 Å². The van der Waals surface area contributed by atoms with Gasteiger partial charge in [0.1, 0.15) is 6.04 Å². The van der Waals surface area contributed by atoms with Gasteiger partial charge >= 0.3 is 5.97 Å². The monoisotopic (exact) mass is 490 g/mol. The normalized spacial score (nSPS) is 19.3. The zero-order valence-electron chi connectivity index (χ0n) is 17.9. The van der Waals surface area contributed by atoms with Gasteiger partial charge in [-0.15, -0.1) is 37.2 Å². The SMILES string of the molecule is CC(C)CC(c1ncn2c1CCc1ccccc1-2)[C@@H](C(=O)O)N1CC[C@H](N)C1.Cl.Cl.Cl. The lowest BCUT2D eigenvalue weighted by Crippen LogP contribution is -2.45. The largest absolute Gasteiger partial charge is 0.480 e. The number of fused-ring (bicyclic) bond motifs is 3. The molecule has 1 unspecified atom stereocenters. The Hall–Kier alpha value is -1.31. The first-order chi connectivity index (χ1) is 13.5. The number of aryl methyl sites for hydroxylation is 1. The van der Waals surface area contributed by atoms with Gasteiger partial charge in [-0.05, 0) is 43.2 Å². The van der Waals surface area contributed by atoms with Crippen molar-refractivity contribution in [2.75, 3.05) is 13.1 Å². The molecule has 0 aliphatic carbocycles. The Kier molecular flexibility index (Phi) is 10.3. The maximum Gasteiger partial charge on any atom is 0.321 e. The second kappa shape index (κ2) is 11.5. The number of carboxylic acids is 1. The van der Waals surface area contributed by atoms with Gasteiger partial charge in [-0.25, -0.2) is 4.98 Å². The highest BCUT2D eigenvalue weighted by atomic mass is 35.5. The van der Waals surface area contributed by atoms with E-state index >= 15 is 0 Å². The molecule has 0 saturated carbocycles. The minimum absolute atomic E-state index is 0. The molecule has 3 N–H and O–H groups in total. The van der Waals surface area contributed by atoms with Crippen LogP contribution in [0.4, 0.5) is 0 Å². The van der Waals surface area contributed by atoms with E-state index in [1.54, 1.807) is 0 Å². The Labute approximate surface area is 202 Å². The lowest BCUT2D eigenvalue weighted by atomic mass is 9.84. The number of nitrogens with zero attached hydrogens (tertiary/aromatic N) is 3. The maximum absolute atomic E-state index is 12.4. The Morgan fingerprint density at radius 2 is 1.94 bits per heavy atom. The number of hydrogen-bond donors (Lipinski definition) is 2. The summed E-state index contributed by atoms with van der Waals surface area (Å²) in [5.74, 6) is -0.515. The van der Waals surface area contributed by atoms with Crippen molar-refractivity contribution >= 4 is 43.2 Å². The number of likely N-dealkylation sites (tertiary alicyclic amines) is 1. The Bertz CT molecular complexity index is 874. The molecule has 9 heteroatoms. The minimum atomic E-state index is -0.766. The van der Waals surface area contributed by atoms with Gasteiger partial charge in [0.25, 0.3) is 0 Å². The first-order valence-corrected chi connectivity index (χ1v) is 10.3. The summed E-state index contributed by atoms with van der Waals surface area (Å²) in [5, 5.41) is 10.1. The average Bonchev–Trinajstić information content (AvgIpc) is 3.27. The first-order valence-electron chi connectivity index (χ1n) is 10.3. The number of carbonyl (C=O) groups is 1. The second-order valence-corrected chi connectivity index (χ2v) is 8.64. The van der Waals surface area contributed by atoms with Crippen LogP contribution in [0.1, 0.15) is 49.6 Å². The number of halogens is 3. The molecule has 0 bridgehead atoms. The summed E-state index contributed by atoms with van der Waals surface area (Å²) < 4.78 is 2.16. The minimum Gasteiger partial charge on any atom is -0.480 e. The third-order valence-electron chi connectivity index (χ3n) is 6.14. The number of rotatable bonds is 6. The quantitative estimate of drug-likeness (QED) is 0.641. The number of benzene rings is 1. The van der Waals surface area contributed by atoms with Crippen molar-refractivity contribution < 1.29 is 9.90 Å². The summed E-state index contributed by atoms with van der Waals surface area (Å²) in [4.78, 5) is 19.2. The average molecular weight is 492 g/mol. The van der Waals surface area contributed by atoms with E-state index in [0.717, 1.165) is 37.9 Å². The molecule has 0 spiro atoms. The number of carboxylic acid groups (broad SMARTS) is 1. The summed E-state index contributed by atoms with van der Waals surface area (Å²) in [7, 11) is 0. The lowest BCUT2D eigenvalue weighted by Gasteiger charge is -2.32. The van der Waals surface area contributed by atoms with Gasteiger partial charge in [0.2, 0.25) is 0 Å². The van der Waals surface area contributed by atoms with Gasteiger partial charge in [0.05, 0.1) is 12.0 Å². The molecule has 174 valence electrons. The lowest BCUT2D eigenvalue weighted by molar-refractivity contribution is -0.144. The van der Waals surface area contributed by atoms with Crippen molar-refractivity contribution in [3.63, 3.8) is 0 Å². The van der Waals surface area contributed by atoms with E-state index in [-0.39, 0.29) is 49.2 Å². The van der Waals surface area contributed by atoms with Gasteiger partial charge in [0, 0.05) is 36.4 Å². The van der Waals surface area contributed by atoms with Crippen LogP contribution in [0.5, 0.6) is 0 Å². The van der Waals surface area contributed by atoms with Gasteiger partial charge in [-0.3, -0.25) is 9.69 Å². The molecule has 3 atom stereocenters. The highest BCUT2D eigenvalue weighted by molar-refractivity contribution is 5.86. The van der Waals surface area contributed by atoms with Crippen LogP contribution in [0, 0.1) is 5.92 Å². The van der Waals surface area contributed by atoms with E-state index in [1.165, 1.54) is 16.9 Å². The predicted molar refractivity (Wildman–Crippen MR) is 131 cm³/mol. The molecule has 2 aliphatic heterocycles. The van der Waals surface area contributed by atoms with Crippen LogP contribution in [-0.2, 0) is 17.6 Å². The molecule has 4 rings (SSSR count). The Morgan fingerprint density at radius 1 is 1.23 bits per heavy atom. The van der Waals surface area contributed by atoms with Crippen LogP contribution in [-0.4, -0.2) is 50.7 Å². The Morgan fingerprint density at radius 3 is 2.55 bits per heavy atom. The van der Waals surface area contributed by atoms with Crippen LogP contribution < -0.4 is 5.73 Å². The fourth-order valence-electron chi connectivity index (χ4n) is 4.91. The molecule has 6 nitrogen and oxygen atoms in total. The molecule has 1 aromatic carbocycles. The van der Waals surface area contributed by atoms with Gasteiger partial charge in [-0.2, -0.15) is 0 Å². The number of aromatic nitrogens is 2. The van der Waals surface area contributed by atoms with Crippen molar-refractivity contribution in [1.29, 1.82) is 0 Å². The predicted octanol–water partition coefficient (Wildman–Crippen LogP) is 3.85. The third-order valence-corrected chi connectivity index (χ3v) is 6.14. The number of hydrogen-bond acceptors (Lipinski definition) is 4. The fraction of sp³-hybridized carbons (Fsp3) is 0.545. The summed E-state index contributed by atoms with van der Waals surface area (Å²) in [5.41, 5.74) is 10.7. The first kappa shape index (κ1) is 27.7.